The number of carbonyl (C=O) groups is 1. The highest BCUT2D eigenvalue weighted by atomic mass is 32.2. The largest absolute Gasteiger partial charge is 0.497 e. The van der Waals surface area contributed by atoms with E-state index in [4.69, 9.17) is 10.6 Å². The van der Waals surface area contributed by atoms with Gasteiger partial charge in [0.1, 0.15) is 5.75 Å². The minimum absolute atomic E-state index is 0.0837. The molecule has 8 heteroatoms. The summed E-state index contributed by atoms with van der Waals surface area (Å²) in [4.78, 5) is 12.4. The molecule has 1 heterocycles. The Bertz CT molecular complexity index is 938. The number of benzene rings is 2. The van der Waals surface area contributed by atoms with E-state index in [2.05, 4.69) is 15.5 Å². The fourth-order valence-electron chi connectivity index (χ4n) is 2.54. The molecule has 0 bridgehead atoms. The lowest BCUT2D eigenvalue weighted by molar-refractivity contribution is -0.120. The Morgan fingerprint density at radius 3 is 2.50 bits per heavy atom. The summed E-state index contributed by atoms with van der Waals surface area (Å²) in [5.74, 6) is 7.33. The number of hydrogen-bond acceptors (Lipinski definition) is 6. The van der Waals surface area contributed by atoms with E-state index in [9.17, 15) is 4.79 Å². The first kappa shape index (κ1) is 19.8. The number of thioether (sulfide) groups is 1. The van der Waals surface area contributed by atoms with Crippen LogP contribution in [-0.2, 0) is 11.3 Å². The van der Waals surface area contributed by atoms with Gasteiger partial charge in [-0.3, -0.25) is 4.79 Å². The van der Waals surface area contributed by atoms with Crippen molar-refractivity contribution in [2.45, 2.75) is 30.8 Å². The van der Waals surface area contributed by atoms with Crippen LogP contribution in [0.25, 0.3) is 11.4 Å². The summed E-state index contributed by atoms with van der Waals surface area (Å²) in [6.45, 7) is 4.33. The summed E-state index contributed by atoms with van der Waals surface area (Å²) in [6, 6.07) is 15.4. The first-order valence-electron chi connectivity index (χ1n) is 8.82. The van der Waals surface area contributed by atoms with E-state index < -0.39 is 0 Å². The Morgan fingerprint density at radius 1 is 1.18 bits per heavy atom. The predicted octanol–water partition coefficient (Wildman–Crippen LogP) is 2.77. The number of aromatic nitrogens is 3. The van der Waals surface area contributed by atoms with Gasteiger partial charge in [-0.25, -0.2) is 4.68 Å². The van der Waals surface area contributed by atoms with Gasteiger partial charge in [-0.15, -0.1) is 10.2 Å². The summed E-state index contributed by atoms with van der Waals surface area (Å²) in [5, 5.41) is 11.3. The van der Waals surface area contributed by atoms with E-state index in [0.29, 0.717) is 17.5 Å². The van der Waals surface area contributed by atoms with Crippen molar-refractivity contribution < 1.29 is 9.53 Å². The van der Waals surface area contributed by atoms with Gasteiger partial charge < -0.3 is 15.9 Å². The van der Waals surface area contributed by atoms with Gasteiger partial charge in [0.25, 0.3) is 0 Å². The van der Waals surface area contributed by atoms with Crippen molar-refractivity contribution in [1.82, 2.24) is 20.2 Å². The van der Waals surface area contributed by atoms with Crippen molar-refractivity contribution in [3.8, 4) is 17.1 Å². The van der Waals surface area contributed by atoms with Gasteiger partial charge in [0, 0.05) is 12.1 Å². The van der Waals surface area contributed by atoms with Gasteiger partial charge in [-0.2, -0.15) is 0 Å². The Kier molecular flexibility index (Phi) is 6.20. The minimum Gasteiger partial charge on any atom is -0.497 e. The van der Waals surface area contributed by atoms with E-state index in [1.807, 2.05) is 62.4 Å². The molecule has 7 nitrogen and oxygen atoms in total. The molecular formula is C20H23N5O2S. The smallest absolute Gasteiger partial charge is 0.233 e. The lowest BCUT2D eigenvalue weighted by atomic mass is 10.1. The predicted molar refractivity (Wildman–Crippen MR) is 111 cm³/mol. The molecule has 0 aliphatic rings. The molecule has 28 heavy (non-hydrogen) atoms. The second kappa shape index (κ2) is 8.79. The summed E-state index contributed by atoms with van der Waals surface area (Å²) in [6.07, 6.45) is 0. The number of rotatable bonds is 7. The third-order valence-electron chi connectivity index (χ3n) is 4.25. The van der Waals surface area contributed by atoms with Crippen molar-refractivity contribution in [3.63, 3.8) is 0 Å². The number of nitrogens with two attached hydrogens (primary N) is 1. The van der Waals surface area contributed by atoms with E-state index in [0.717, 1.165) is 16.9 Å². The lowest BCUT2D eigenvalue weighted by Crippen LogP contribution is -2.30. The third kappa shape index (κ3) is 4.64. The molecule has 3 N–H and O–H groups in total. The van der Waals surface area contributed by atoms with Gasteiger partial charge in [-0.1, -0.05) is 41.6 Å². The third-order valence-corrected chi connectivity index (χ3v) is 5.31. The second-order valence-corrected chi connectivity index (χ2v) is 7.68. The molecule has 0 fully saturated rings. The number of ether oxygens (including phenoxy) is 1. The molecule has 3 rings (SSSR count). The van der Waals surface area contributed by atoms with E-state index in [1.165, 1.54) is 22.0 Å². The molecule has 0 aliphatic carbocycles. The summed E-state index contributed by atoms with van der Waals surface area (Å²) >= 11 is 1.27. The number of methoxy groups -OCH3 is 1. The molecule has 1 amide bonds. The number of hydrogen-bond donors (Lipinski definition) is 2. The molecule has 0 unspecified atom stereocenters. The average molecular weight is 398 g/mol. The number of aryl methyl sites for hydroxylation is 1. The molecule has 0 saturated heterocycles. The van der Waals surface area contributed by atoms with Crippen LogP contribution in [-0.4, -0.2) is 33.1 Å². The van der Waals surface area contributed by atoms with E-state index in [-0.39, 0.29) is 11.2 Å². The van der Waals surface area contributed by atoms with Crippen LogP contribution in [0.15, 0.2) is 53.7 Å². The van der Waals surface area contributed by atoms with Crippen molar-refractivity contribution in [3.05, 3.63) is 59.7 Å². The van der Waals surface area contributed by atoms with Gasteiger partial charge in [-0.05, 0) is 43.7 Å². The van der Waals surface area contributed by atoms with E-state index in [1.54, 1.807) is 7.11 Å². The molecule has 3 aromatic rings. The zero-order chi connectivity index (χ0) is 20.1. The van der Waals surface area contributed by atoms with Gasteiger partial charge >= 0.3 is 0 Å². The fraction of sp³-hybridized carbons (Fsp3) is 0.250. The van der Waals surface area contributed by atoms with Crippen LogP contribution in [0.4, 0.5) is 0 Å². The van der Waals surface area contributed by atoms with Crippen LogP contribution < -0.4 is 15.9 Å². The van der Waals surface area contributed by atoms with Crippen molar-refractivity contribution >= 4 is 17.7 Å². The molecular weight excluding hydrogens is 374 g/mol. The fourth-order valence-corrected chi connectivity index (χ4v) is 3.34. The normalized spacial score (nSPS) is 11.8. The Morgan fingerprint density at radius 2 is 1.86 bits per heavy atom. The SMILES string of the molecule is COc1ccc(-c2nnc(S[C@@H](C)C(=O)NCc3ccc(C)cc3)n2N)cc1. The standard InChI is InChI=1S/C20H23N5O2S/c1-13-4-6-15(7-5-13)12-22-19(26)14(2)28-20-24-23-18(25(20)21)16-8-10-17(27-3)11-9-16/h4-11,14H,12,21H2,1-3H3,(H,22,26)/t14-/m0/s1. The molecule has 0 saturated carbocycles. The first-order chi connectivity index (χ1) is 13.5. The maximum Gasteiger partial charge on any atom is 0.233 e. The van der Waals surface area contributed by atoms with Gasteiger partial charge in [0.05, 0.1) is 12.4 Å². The van der Waals surface area contributed by atoms with Crippen LogP contribution in [0.1, 0.15) is 18.1 Å². The quantitative estimate of drug-likeness (QED) is 0.470. The monoisotopic (exact) mass is 397 g/mol. The molecule has 0 radical (unpaired) electrons. The molecule has 1 atom stereocenters. The maximum absolute atomic E-state index is 12.4. The Balaban J connectivity index is 1.61. The highest BCUT2D eigenvalue weighted by Gasteiger charge is 2.19. The van der Waals surface area contributed by atoms with Crippen molar-refractivity contribution in [2.24, 2.45) is 0 Å². The maximum atomic E-state index is 12.4. The molecule has 2 aromatic carbocycles. The zero-order valence-corrected chi connectivity index (χ0v) is 16.9. The number of nitrogens with one attached hydrogen (secondary N) is 1. The minimum atomic E-state index is -0.360. The average Bonchev–Trinajstić information content (AvgIpc) is 3.07. The Hall–Kier alpha value is -3.00. The van der Waals surface area contributed by atoms with Gasteiger partial charge in [0.15, 0.2) is 5.82 Å². The molecule has 0 aliphatic heterocycles. The number of nitrogen functional groups attached to an aromatic ring is 1. The van der Waals surface area contributed by atoms with Crippen LogP contribution in [0, 0.1) is 6.92 Å². The van der Waals surface area contributed by atoms with E-state index >= 15 is 0 Å². The number of nitrogens with zero attached hydrogens (tertiary/aromatic N) is 3. The molecule has 0 spiro atoms. The van der Waals surface area contributed by atoms with Crippen LogP contribution in [0.3, 0.4) is 0 Å². The molecule has 1 aromatic heterocycles. The summed E-state index contributed by atoms with van der Waals surface area (Å²) < 4.78 is 6.56. The van der Waals surface area contributed by atoms with Crippen LogP contribution >= 0.6 is 11.8 Å². The lowest BCUT2D eigenvalue weighted by Gasteiger charge is -2.12. The van der Waals surface area contributed by atoms with Crippen LogP contribution in [0.2, 0.25) is 0 Å². The number of carbonyl (C=O) groups excluding carboxylic acids is 1. The van der Waals surface area contributed by atoms with Crippen molar-refractivity contribution in [2.75, 3.05) is 13.0 Å². The second-order valence-electron chi connectivity index (χ2n) is 6.37. The van der Waals surface area contributed by atoms with Crippen LogP contribution in [0.5, 0.6) is 5.75 Å². The topological polar surface area (TPSA) is 95.1 Å². The van der Waals surface area contributed by atoms with Crippen molar-refractivity contribution in [1.29, 1.82) is 0 Å². The highest BCUT2D eigenvalue weighted by Crippen LogP contribution is 2.26. The first-order valence-corrected chi connectivity index (χ1v) is 9.70. The Labute approximate surface area is 168 Å². The highest BCUT2D eigenvalue weighted by molar-refractivity contribution is 8.00. The number of amides is 1. The zero-order valence-electron chi connectivity index (χ0n) is 16.0. The molecule has 146 valence electrons. The van der Waals surface area contributed by atoms with Gasteiger partial charge in [0.2, 0.25) is 11.1 Å². The summed E-state index contributed by atoms with van der Waals surface area (Å²) in [5.41, 5.74) is 3.06. The summed E-state index contributed by atoms with van der Waals surface area (Å²) in [7, 11) is 1.61.